The van der Waals surface area contributed by atoms with Crippen molar-refractivity contribution in [2.24, 2.45) is 0 Å². The van der Waals surface area contributed by atoms with Gasteiger partial charge in [-0.05, 0) is 37.0 Å². The molecule has 0 aliphatic heterocycles. The fourth-order valence-corrected chi connectivity index (χ4v) is 2.80. The molecular formula is C16H15FN2O2. The van der Waals surface area contributed by atoms with Crippen LogP contribution in [0.15, 0.2) is 36.4 Å². The second kappa shape index (κ2) is 5.16. The summed E-state index contributed by atoms with van der Waals surface area (Å²) in [6.45, 7) is 2.02. The van der Waals surface area contributed by atoms with E-state index in [1.807, 2.05) is 6.92 Å². The lowest BCUT2D eigenvalue weighted by atomic mass is 10.0. The first-order valence-corrected chi connectivity index (χ1v) is 6.84. The van der Waals surface area contributed by atoms with E-state index >= 15 is 0 Å². The highest BCUT2D eigenvalue weighted by atomic mass is 19.1. The molecule has 2 aromatic rings. The number of rotatable bonds is 3. The first-order valence-electron chi connectivity index (χ1n) is 6.84. The number of nitro benzene ring substituents is 1. The van der Waals surface area contributed by atoms with Crippen LogP contribution in [0.5, 0.6) is 0 Å². The van der Waals surface area contributed by atoms with Crippen LogP contribution in [0.25, 0.3) is 0 Å². The standard InChI is InChI=1S/C16H15FN2O2/c1-10-2-3-11-4-7-15(13(11)8-10)18-16-9-12(19(20)21)5-6-14(16)17/h2-3,5-6,8-9,15,18H,4,7H2,1H3. The molecule has 1 atom stereocenters. The van der Waals surface area contributed by atoms with Crippen molar-refractivity contribution in [3.8, 4) is 0 Å². The van der Waals surface area contributed by atoms with Crippen LogP contribution in [0.2, 0.25) is 0 Å². The van der Waals surface area contributed by atoms with Gasteiger partial charge in [-0.2, -0.15) is 0 Å². The van der Waals surface area contributed by atoms with Gasteiger partial charge in [0, 0.05) is 12.1 Å². The summed E-state index contributed by atoms with van der Waals surface area (Å²) >= 11 is 0. The first kappa shape index (κ1) is 13.5. The van der Waals surface area contributed by atoms with Crippen LogP contribution in [-0.4, -0.2) is 4.92 Å². The van der Waals surface area contributed by atoms with Crippen molar-refractivity contribution < 1.29 is 9.31 Å². The first-order chi connectivity index (χ1) is 10.0. The predicted molar refractivity (Wildman–Crippen MR) is 78.9 cm³/mol. The van der Waals surface area contributed by atoms with E-state index < -0.39 is 10.7 Å². The average molecular weight is 286 g/mol. The largest absolute Gasteiger partial charge is 0.376 e. The average Bonchev–Trinajstić information content (AvgIpc) is 2.83. The molecule has 108 valence electrons. The van der Waals surface area contributed by atoms with Crippen LogP contribution in [0.4, 0.5) is 15.8 Å². The normalized spacial score (nSPS) is 16.6. The molecular weight excluding hydrogens is 271 g/mol. The summed E-state index contributed by atoms with van der Waals surface area (Å²) in [5.74, 6) is -0.471. The third-order valence-corrected chi connectivity index (χ3v) is 3.87. The van der Waals surface area contributed by atoms with Crippen LogP contribution in [0.3, 0.4) is 0 Å². The smallest absolute Gasteiger partial charge is 0.271 e. The summed E-state index contributed by atoms with van der Waals surface area (Å²) in [5, 5.41) is 13.9. The van der Waals surface area contributed by atoms with E-state index in [4.69, 9.17) is 0 Å². The molecule has 2 aromatic carbocycles. The molecule has 1 unspecified atom stereocenters. The Morgan fingerprint density at radius 1 is 1.29 bits per heavy atom. The molecule has 0 spiro atoms. The Labute approximate surface area is 121 Å². The minimum absolute atomic E-state index is 0.00333. The molecule has 0 aromatic heterocycles. The fraction of sp³-hybridized carbons (Fsp3) is 0.250. The highest BCUT2D eigenvalue weighted by molar-refractivity contribution is 5.55. The maximum absolute atomic E-state index is 13.9. The Bertz CT molecular complexity index is 715. The highest BCUT2D eigenvalue weighted by Crippen LogP contribution is 2.35. The van der Waals surface area contributed by atoms with E-state index in [-0.39, 0.29) is 17.4 Å². The number of anilines is 1. The van der Waals surface area contributed by atoms with Gasteiger partial charge in [0.15, 0.2) is 0 Å². The zero-order valence-electron chi connectivity index (χ0n) is 11.6. The maximum Gasteiger partial charge on any atom is 0.271 e. The molecule has 1 aliphatic rings. The van der Waals surface area contributed by atoms with E-state index in [0.29, 0.717) is 0 Å². The zero-order chi connectivity index (χ0) is 15.0. The number of hydrogen-bond donors (Lipinski definition) is 1. The van der Waals surface area contributed by atoms with Crippen LogP contribution in [0.1, 0.15) is 29.2 Å². The van der Waals surface area contributed by atoms with Crippen LogP contribution < -0.4 is 5.32 Å². The van der Waals surface area contributed by atoms with E-state index in [0.717, 1.165) is 30.0 Å². The number of halogens is 1. The molecule has 0 saturated heterocycles. The Morgan fingerprint density at radius 2 is 2.10 bits per heavy atom. The molecule has 1 aliphatic carbocycles. The summed E-state index contributed by atoms with van der Waals surface area (Å²) in [4.78, 5) is 10.3. The molecule has 3 rings (SSSR count). The summed E-state index contributed by atoms with van der Waals surface area (Å²) in [5.41, 5.74) is 3.64. The third kappa shape index (κ3) is 2.59. The van der Waals surface area contributed by atoms with E-state index in [1.54, 1.807) is 0 Å². The van der Waals surface area contributed by atoms with Gasteiger partial charge >= 0.3 is 0 Å². The van der Waals surface area contributed by atoms with Gasteiger partial charge in [-0.15, -0.1) is 0 Å². The van der Waals surface area contributed by atoms with Crippen LogP contribution in [0, 0.1) is 22.9 Å². The number of nitrogens with one attached hydrogen (secondary N) is 1. The van der Waals surface area contributed by atoms with Crippen molar-refractivity contribution in [2.45, 2.75) is 25.8 Å². The SMILES string of the molecule is Cc1ccc2c(c1)C(Nc1cc([N+](=O)[O-])ccc1F)CC2. The lowest BCUT2D eigenvalue weighted by Gasteiger charge is -2.16. The number of nitro groups is 1. The van der Waals surface area contributed by atoms with Gasteiger partial charge < -0.3 is 5.32 Å². The number of non-ortho nitro benzene ring substituents is 1. The Morgan fingerprint density at radius 3 is 2.86 bits per heavy atom. The number of aryl methyl sites for hydroxylation is 2. The number of fused-ring (bicyclic) bond motifs is 1. The quantitative estimate of drug-likeness (QED) is 0.681. The van der Waals surface area contributed by atoms with Gasteiger partial charge in [-0.1, -0.05) is 23.8 Å². The van der Waals surface area contributed by atoms with E-state index in [1.165, 1.54) is 17.7 Å². The minimum atomic E-state index is -0.517. The summed E-state index contributed by atoms with van der Waals surface area (Å²) in [6.07, 6.45) is 1.80. The van der Waals surface area contributed by atoms with Crippen molar-refractivity contribution in [2.75, 3.05) is 5.32 Å². The lowest BCUT2D eigenvalue weighted by Crippen LogP contribution is -2.09. The molecule has 4 nitrogen and oxygen atoms in total. The molecule has 0 bridgehead atoms. The molecule has 0 heterocycles. The van der Waals surface area contributed by atoms with Crippen molar-refractivity contribution >= 4 is 11.4 Å². The van der Waals surface area contributed by atoms with Crippen LogP contribution in [-0.2, 0) is 6.42 Å². The monoisotopic (exact) mass is 286 g/mol. The maximum atomic E-state index is 13.9. The molecule has 5 heteroatoms. The molecule has 0 saturated carbocycles. The molecule has 0 radical (unpaired) electrons. The Balaban J connectivity index is 1.91. The van der Waals surface area contributed by atoms with E-state index in [9.17, 15) is 14.5 Å². The number of benzene rings is 2. The summed E-state index contributed by atoms with van der Waals surface area (Å²) in [7, 11) is 0. The summed E-state index contributed by atoms with van der Waals surface area (Å²) in [6, 6.07) is 9.81. The van der Waals surface area contributed by atoms with Crippen LogP contribution >= 0.6 is 0 Å². The van der Waals surface area contributed by atoms with Crippen molar-refractivity contribution in [3.63, 3.8) is 0 Å². The van der Waals surface area contributed by atoms with Gasteiger partial charge in [-0.25, -0.2) is 4.39 Å². The molecule has 0 amide bonds. The van der Waals surface area contributed by atoms with Gasteiger partial charge in [-0.3, -0.25) is 10.1 Å². The zero-order valence-corrected chi connectivity index (χ0v) is 11.6. The summed E-state index contributed by atoms with van der Waals surface area (Å²) < 4.78 is 13.9. The van der Waals surface area contributed by atoms with Gasteiger partial charge in [0.1, 0.15) is 5.82 Å². The highest BCUT2D eigenvalue weighted by Gasteiger charge is 2.23. The predicted octanol–water partition coefficient (Wildman–Crippen LogP) is 4.14. The number of hydrogen-bond acceptors (Lipinski definition) is 3. The van der Waals surface area contributed by atoms with Crippen molar-refractivity contribution in [3.05, 3.63) is 69.0 Å². The van der Waals surface area contributed by atoms with Gasteiger partial charge in [0.25, 0.3) is 5.69 Å². The fourth-order valence-electron chi connectivity index (χ4n) is 2.80. The van der Waals surface area contributed by atoms with E-state index in [2.05, 4.69) is 23.5 Å². The topological polar surface area (TPSA) is 55.2 Å². The minimum Gasteiger partial charge on any atom is -0.376 e. The van der Waals surface area contributed by atoms with Gasteiger partial charge in [0.2, 0.25) is 0 Å². The molecule has 1 N–H and O–H groups in total. The van der Waals surface area contributed by atoms with Crippen molar-refractivity contribution in [1.82, 2.24) is 0 Å². The Hall–Kier alpha value is -2.43. The number of nitrogens with zero attached hydrogens (tertiary/aromatic N) is 1. The third-order valence-electron chi connectivity index (χ3n) is 3.87. The molecule has 0 fully saturated rings. The van der Waals surface area contributed by atoms with Crippen molar-refractivity contribution in [1.29, 1.82) is 0 Å². The second-order valence-corrected chi connectivity index (χ2v) is 5.36. The van der Waals surface area contributed by atoms with Gasteiger partial charge in [0.05, 0.1) is 16.7 Å². The second-order valence-electron chi connectivity index (χ2n) is 5.36. The molecule has 21 heavy (non-hydrogen) atoms. The lowest BCUT2D eigenvalue weighted by molar-refractivity contribution is -0.384. The Kier molecular flexibility index (Phi) is 3.33.